The van der Waals surface area contributed by atoms with E-state index in [-0.39, 0.29) is 5.56 Å². The first-order chi connectivity index (χ1) is 14.2. The van der Waals surface area contributed by atoms with Crippen LogP contribution in [0.1, 0.15) is 28.8 Å². The van der Waals surface area contributed by atoms with Crippen molar-refractivity contribution in [3.63, 3.8) is 0 Å². The van der Waals surface area contributed by atoms with Crippen LogP contribution < -0.4 is 10.6 Å². The van der Waals surface area contributed by atoms with Gasteiger partial charge < -0.3 is 15.7 Å². The lowest BCUT2D eigenvalue weighted by Crippen LogP contribution is -2.08. The molecule has 0 saturated heterocycles. The van der Waals surface area contributed by atoms with E-state index in [1.54, 1.807) is 24.4 Å². The number of pyridine rings is 1. The molecule has 3 N–H and O–H groups in total. The van der Waals surface area contributed by atoms with Crippen LogP contribution in [0, 0.1) is 0 Å². The second kappa shape index (κ2) is 7.01. The van der Waals surface area contributed by atoms with E-state index in [0.717, 1.165) is 34.7 Å². The highest BCUT2D eigenvalue weighted by Gasteiger charge is 2.23. The summed E-state index contributed by atoms with van der Waals surface area (Å²) in [4.78, 5) is 25.2. The molecular weight excluding hydrogens is 366 g/mol. The second-order valence-corrected chi connectivity index (χ2v) is 7.21. The predicted molar refractivity (Wildman–Crippen MR) is 112 cm³/mol. The van der Waals surface area contributed by atoms with Gasteiger partial charge >= 0.3 is 5.97 Å². The van der Waals surface area contributed by atoms with Crippen LogP contribution in [0.2, 0.25) is 0 Å². The van der Waals surface area contributed by atoms with Crippen LogP contribution in [-0.2, 0) is 6.54 Å². The van der Waals surface area contributed by atoms with Gasteiger partial charge in [-0.3, -0.25) is 0 Å². The quantitative estimate of drug-likeness (QED) is 0.430. The van der Waals surface area contributed by atoms with Crippen molar-refractivity contribution < 1.29 is 9.90 Å². The van der Waals surface area contributed by atoms with Crippen molar-refractivity contribution in [2.45, 2.75) is 25.4 Å². The summed E-state index contributed by atoms with van der Waals surface area (Å²) in [5, 5.41) is 17.7. The largest absolute Gasteiger partial charge is 0.478 e. The van der Waals surface area contributed by atoms with Gasteiger partial charge in [0.05, 0.1) is 11.1 Å². The molecule has 2 aromatic heterocycles. The average molecular weight is 385 g/mol. The van der Waals surface area contributed by atoms with Crippen molar-refractivity contribution in [2.75, 3.05) is 10.6 Å². The predicted octanol–water partition coefficient (Wildman–Crippen LogP) is 4.06. The van der Waals surface area contributed by atoms with Gasteiger partial charge in [-0.15, -0.1) is 0 Å². The molecule has 0 atom stereocenters. The van der Waals surface area contributed by atoms with Gasteiger partial charge in [-0.1, -0.05) is 36.4 Å². The summed E-state index contributed by atoms with van der Waals surface area (Å²) in [5.41, 5.74) is 2.71. The van der Waals surface area contributed by atoms with E-state index in [0.29, 0.717) is 29.9 Å². The number of carbonyl (C=O) groups is 1. The summed E-state index contributed by atoms with van der Waals surface area (Å²) in [5.74, 6) is 0.230. The van der Waals surface area contributed by atoms with Crippen molar-refractivity contribution in [3.05, 3.63) is 65.9 Å². The number of benzene rings is 2. The molecule has 29 heavy (non-hydrogen) atoms. The number of rotatable bonds is 6. The van der Waals surface area contributed by atoms with Gasteiger partial charge in [0.15, 0.2) is 5.82 Å². The molecule has 1 aliphatic carbocycles. The first kappa shape index (κ1) is 17.4. The Labute approximate surface area is 166 Å². The van der Waals surface area contributed by atoms with Gasteiger partial charge in [-0.05, 0) is 30.5 Å². The fourth-order valence-corrected chi connectivity index (χ4v) is 3.30. The van der Waals surface area contributed by atoms with E-state index in [9.17, 15) is 9.90 Å². The molecule has 144 valence electrons. The van der Waals surface area contributed by atoms with E-state index in [1.807, 2.05) is 30.3 Å². The number of hydrogen-bond acceptors (Lipinski definition) is 6. The number of aromatic carboxylic acids is 1. The molecule has 5 rings (SSSR count). The van der Waals surface area contributed by atoms with Crippen LogP contribution in [0.5, 0.6) is 0 Å². The number of carboxylic acids is 1. The van der Waals surface area contributed by atoms with E-state index in [2.05, 4.69) is 15.6 Å². The molecule has 1 fully saturated rings. The Morgan fingerprint density at radius 2 is 1.90 bits per heavy atom. The van der Waals surface area contributed by atoms with E-state index in [4.69, 9.17) is 9.97 Å². The first-order valence-corrected chi connectivity index (χ1v) is 9.55. The van der Waals surface area contributed by atoms with Crippen molar-refractivity contribution in [1.29, 1.82) is 0 Å². The number of fused-ring (bicyclic) bond motifs is 3. The Morgan fingerprint density at radius 3 is 2.66 bits per heavy atom. The molecule has 7 heteroatoms. The van der Waals surface area contributed by atoms with Crippen LogP contribution in [0.4, 0.5) is 11.8 Å². The van der Waals surface area contributed by atoms with Crippen molar-refractivity contribution in [1.82, 2.24) is 15.0 Å². The Bertz CT molecular complexity index is 1220. The molecule has 0 radical (unpaired) electrons. The van der Waals surface area contributed by atoms with Gasteiger partial charge in [0.25, 0.3) is 0 Å². The Balaban J connectivity index is 1.58. The molecule has 2 aromatic carbocycles. The van der Waals surface area contributed by atoms with Crippen LogP contribution in [0.25, 0.3) is 21.8 Å². The van der Waals surface area contributed by atoms with Crippen molar-refractivity contribution in [2.24, 2.45) is 0 Å². The Kier molecular flexibility index (Phi) is 4.20. The highest BCUT2D eigenvalue weighted by molar-refractivity contribution is 6.09. The van der Waals surface area contributed by atoms with Crippen molar-refractivity contribution >= 4 is 39.5 Å². The molecule has 0 amide bonds. The first-order valence-electron chi connectivity index (χ1n) is 9.55. The molecule has 0 spiro atoms. The van der Waals surface area contributed by atoms with Crippen LogP contribution in [-0.4, -0.2) is 32.1 Å². The number of nitrogens with zero attached hydrogens (tertiary/aromatic N) is 3. The summed E-state index contributed by atoms with van der Waals surface area (Å²) in [7, 11) is 0. The summed E-state index contributed by atoms with van der Waals surface area (Å²) in [6.45, 7) is 0.626. The lowest BCUT2D eigenvalue weighted by molar-refractivity contribution is 0.0697. The number of hydrogen-bond donors (Lipinski definition) is 3. The van der Waals surface area contributed by atoms with Crippen molar-refractivity contribution in [3.8, 4) is 0 Å². The third-order valence-corrected chi connectivity index (χ3v) is 4.99. The second-order valence-electron chi connectivity index (χ2n) is 7.21. The molecule has 7 nitrogen and oxygen atoms in total. The van der Waals surface area contributed by atoms with E-state index >= 15 is 0 Å². The Morgan fingerprint density at radius 1 is 1.07 bits per heavy atom. The normalized spacial score (nSPS) is 13.5. The minimum Gasteiger partial charge on any atom is -0.478 e. The van der Waals surface area contributed by atoms with Crippen LogP contribution in [0.3, 0.4) is 0 Å². The van der Waals surface area contributed by atoms with Gasteiger partial charge in [0, 0.05) is 29.6 Å². The zero-order valence-electron chi connectivity index (χ0n) is 15.6. The van der Waals surface area contributed by atoms with Gasteiger partial charge in [-0.25, -0.2) is 19.7 Å². The summed E-state index contributed by atoms with van der Waals surface area (Å²) >= 11 is 0. The maximum Gasteiger partial charge on any atom is 0.335 e. The minimum atomic E-state index is -0.970. The third-order valence-electron chi connectivity index (χ3n) is 4.99. The molecule has 0 aliphatic heterocycles. The molecular formula is C22H19N5O2. The van der Waals surface area contributed by atoms with E-state index < -0.39 is 5.97 Å². The molecule has 1 aliphatic rings. The monoisotopic (exact) mass is 385 g/mol. The summed E-state index contributed by atoms with van der Waals surface area (Å²) in [6.07, 6.45) is 3.97. The van der Waals surface area contributed by atoms with Gasteiger partial charge in [0.2, 0.25) is 5.95 Å². The molecule has 1 saturated carbocycles. The summed E-state index contributed by atoms with van der Waals surface area (Å²) in [6, 6.07) is 15.4. The standard InChI is InChI=1S/C22H19N5O2/c28-21(29)14-6-9-16-17-12-24-22(23-11-13-4-2-1-3-5-13)27-19(17)20(25-15-7-8-15)26-18(16)10-14/h1-6,9-10,12,15H,7-8,11H2,(H,25,26)(H,28,29)(H,23,24,27). The lowest BCUT2D eigenvalue weighted by Gasteiger charge is -2.12. The van der Waals surface area contributed by atoms with Gasteiger partial charge in [0.1, 0.15) is 5.52 Å². The number of carboxylic acid groups (broad SMARTS) is 1. The number of nitrogens with one attached hydrogen (secondary N) is 2. The Hall–Kier alpha value is -3.74. The molecule has 2 heterocycles. The smallest absolute Gasteiger partial charge is 0.335 e. The van der Waals surface area contributed by atoms with E-state index in [1.165, 1.54) is 0 Å². The highest BCUT2D eigenvalue weighted by Crippen LogP contribution is 2.32. The zero-order valence-corrected chi connectivity index (χ0v) is 15.6. The van der Waals surface area contributed by atoms with Gasteiger partial charge in [-0.2, -0.15) is 0 Å². The lowest BCUT2D eigenvalue weighted by atomic mass is 10.1. The minimum absolute atomic E-state index is 0.212. The molecule has 0 unspecified atom stereocenters. The molecule has 0 bridgehead atoms. The topological polar surface area (TPSA) is 100 Å². The fraction of sp³-hybridized carbons (Fsp3) is 0.182. The fourth-order valence-electron chi connectivity index (χ4n) is 3.30. The molecule has 4 aromatic rings. The van der Waals surface area contributed by atoms with Crippen LogP contribution in [0.15, 0.2) is 54.7 Å². The van der Waals surface area contributed by atoms with Crippen LogP contribution >= 0.6 is 0 Å². The number of aromatic nitrogens is 3. The zero-order chi connectivity index (χ0) is 19.8. The maximum absolute atomic E-state index is 11.3. The summed E-state index contributed by atoms with van der Waals surface area (Å²) < 4.78 is 0. The average Bonchev–Trinajstić information content (AvgIpc) is 3.56. The number of anilines is 2. The maximum atomic E-state index is 11.3. The SMILES string of the molecule is O=C(O)c1ccc2c(c1)nc(NC1CC1)c1nc(NCc3ccccc3)ncc12. The highest BCUT2D eigenvalue weighted by atomic mass is 16.4. The third kappa shape index (κ3) is 3.54.